The molecule has 3 N–H and O–H groups in total. The van der Waals surface area contributed by atoms with Crippen molar-refractivity contribution in [2.24, 2.45) is 10.8 Å². The first kappa shape index (κ1) is 23.1. The molecule has 11 nitrogen and oxygen atoms in total. The van der Waals surface area contributed by atoms with Crippen LogP contribution in [0.5, 0.6) is 0 Å². The molecule has 0 atom stereocenters. The van der Waals surface area contributed by atoms with Crippen LogP contribution >= 0.6 is 0 Å². The highest BCUT2D eigenvalue weighted by Gasteiger charge is 2.30. The number of nitrogens with one attached hydrogen (secondary N) is 1. The topological polar surface area (TPSA) is 137 Å². The highest BCUT2D eigenvalue weighted by molar-refractivity contribution is 6.45. The number of aliphatic imine (C=N–C) groups is 1. The number of H-pyrrole nitrogens is 1. The van der Waals surface area contributed by atoms with Crippen LogP contribution in [0.25, 0.3) is 21.7 Å². The maximum Gasteiger partial charge on any atom is 0.295 e. The minimum atomic E-state index is -0.817. The quantitative estimate of drug-likeness (QED) is 0.139. The van der Waals surface area contributed by atoms with Crippen LogP contribution < -0.4 is 15.8 Å². The average Bonchev–Trinajstić information content (AvgIpc) is 3.37. The molecular weight excluding hydrogens is 465 g/mol. The molecule has 1 fully saturated rings. The first-order valence-corrected chi connectivity index (χ1v) is 11.1. The van der Waals surface area contributed by atoms with Gasteiger partial charge in [0.15, 0.2) is 17.5 Å². The Hall–Kier alpha value is -4.71. The summed E-state index contributed by atoms with van der Waals surface area (Å²) in [6.45, 7) is 4.89. The highest BCUT2D eigenvalue weighted by Crippen LogP contribution is 2.29. The van der Waals surface area contributed by atoms with Gasteiger partial charge in [0.1, 0.15) is 0 Å². The molecule has 12 heteroatoms. The molecule has 1 aliphatic heterocycles. The Labute approximate surface area is 204 Å². The number of hydrogen-bond acceptors (Lipinski definition) is 9. The molecule has 0 saturated carbocycles. The fourth-order valence-electron chi connectivity index (χ4n) is 4.29. The number of carbonyl (C=O) groups excluding carboxylic acids is 2. The molecule has 0 radical (unpaired) electrons. The number of anilines is 2. The van der Waals surface area contributed by atoms with E-state index < -0.39 is 17.5 Å². The van der Waals surface area contributed by atoms with Crippen molar-refractivity contribution in [3.63, 3.8) is 0 Å². The van der Waals surface area contributed by atoms with E-state index in [1.165, 1.54) is 23.5 Å². The number of carbonyl (C=O) groups is 2. The van der Waals surface area contributed by atoms with E-state index in [9.17, 15) is 14.0 Å². The molecule has 1 aliphatic rings. The van der Waals surface area contributed by atoms with E-state index in [2.05, 4.69) is 31.9 Å². The van der Waals surface area contributed by atoms with E-state index >= 15 is 0 Å². The normalized spacial score (nSPS) is 14.1. The number of hydrazine groups is 1. The number of ketones is 1. The second kappa shape index (κ2) is 9.50. The number of fused-ring (bicyclic) bond motifs is 2. The largest absolute Gasteiger partial charge is 0.357 e. The number of aromatic nitrogens is 4. The molecule has 1 amide bonds. The zero-order chi connectivity index (χ0) is 25.2. The first-order valence-electron chi connectivity index (χ1n) is 11.1. The lowest BCUT2D eigenvalue weighted by Gasteiger charge is -2.35. The van der Waals surface area contributed by atoms with E-state index in [0.717, 1.165) is 27.8 Å². The van der Waals surface area contributed by atoms with Crippen molar-refractivity contribution in [2.45, 2.75) is 0 Å². The van der Waals surface area contributed by atoms with Crippen LogP contribution in [0.15, 0.2) is 60.2 Å². The fourth-order valence-corrected chi connectivity index (χ4v) is 4.29. The van der Waals surface area contributed by atoms with E-state index in [0.29, 0.717) is 26.2 Å². The number of nitrogens with two attached hydrogens (primary N) is 1. The van der Waals surface area contributed by atoms with Crippen molar-refractivity contribution in [3.05, 3.63) is 66.6 Å². The molecule has 0 spiro atoms. The predicted molar refractivity (Wildman–Crippen MR) is 134 cm³/mol. The van der Waals surface area contributed by atoms with Gasteiger partial charge in [0, 0.05) is 55.5 Å². The lowest BCUT2D eigenvalue weighted by atomic mass is 10.1. The van der Waals surface area contributed by atoms with E-state index in [1.54, 1.807) is 6.20 Å². The number of hydrogen-bond donors (Lipinski definition) is 2. The molecule has 3 aromatic heterocycles. The van der Waals surface area contributed by atoms with Gasteiger partial charge in [-0.25, -0.2) is 15.2 Å². The third-order valence-electron chi connectivity index (χ3n) is 6.08. The summed E-state index contributed by atoms with van der Waals surface area (Å²) in [7, 11) is 0. The van der Waals surface area contributed by atoms with E-state index in [4.69, 9.17) is 5.84 Å². The summed E-state index contributed by atoms with van der Waals surface area (Å²) in [5.41, 5.74) is 0.0967. The van der Waals surface area contributed by atoms with Crippen LogP contribution in [-0.2, 0) is 4.79 Å². The number of benzene rings is 1. The van der Waals surface area contributed by atoms with Gasteiger partial charge in [0.05, 0.1) is 28.9 Å². The van der Waals surface area contributed by atoms with Gasteiger partial charge < -0.3 is 14.8 Å². The zero-order valence-electron chi connectivity index (χ0n) is 19.1. The molecule has 4 heterocycles. The van der Waals surface area contributed by atoms with Gasteiger partial charge in [0.2, 0.25) is 0 Å². The maximum absolute atomic E-state index is 14.7. The number of amides is 1. The second-order valence-electron chi connectivity index (χ2n) is 8.13. The van der Waals surface area contributed by atoms with Crippen molar-refractivity contribution < 1.29 is 14.0 Å². The Bertz CT molecular complexity index is 1500. The Balaban J connectivity index is 1.35. The summed E-state index contributed by atoms with van der Waals surface area (Å²) in [5, 5.41) is 11.4. The molecule has 0 bridgehead atoms. The maximum atomic E-state index is 14.7. The minimum absolute atomic E-state index is 0.0570. The number of rotatable bonds is 6. The minimum Gasteiger partial charge on any atom is -0.357 e. The molecule has 1 aromatic carbocycles. The SMILES string of the molecule is C=N/C=C\N(N)c1ncc(F)c2c(C(=O)C(=O)N3CCN(c4nncc5ccccc45)CC3)c[nH]c12. The third kappa shape index (κ3) is 4.03. The second-order valence-corrected chi connectivity index (χ2v) is 8.13. The van der Waals surface area contributed by atoms with Crippen molar-refractivity contribution in [1.29, 1.82) is 0 Å². The highest BCUT2D eigenvalue weighted by atomic mass is 19.1. The molecule has 0 unspecified atom stereocenters. The van der Waals surface area contributed by atoms with Crippen LogP contribution in [0.4, 0.5) is 16.0 Å². The predicted octanol–water partition coefficient (Wildman–Crippen LogP) is 2.03. The molecule has 182 valence electrons. The summed E-state index contributed by atoms with van der Waals surface area (Å²) in [6, 6.07) is 7.80. The molecular formula is C24H22FN9O2. The molecule has 1 saturated heterocycles. The van der Waals surface area contributed by atoms with Crippen molar-refractivity contribution >= 4 is 51.7 Å². The Morgan fingerprint density at radius 2 is 1.97 bits per heavy atom. The number of aromatic amines is 1. The Morgan fingerprint density at radius 1 is 1.19 bits per heavy atom. The smallest absolute Gasteiger partial charge is 0.295 e. The lowest BCUT2D eigenvalue weighted by molar-refractivity contribution is -0.126. The van der Waals surface area contributed by atoms with E-state index in [-0.39, 0.29) is 22.3 Å². The van der Waals surface area contributed by atoms with Gasteiger partial charge in [-0.2, -0.15) is 5.10 Å². The standard InChI is InChI=1S/C24H22FN9O2/c1-27-6-7-34(26)23-20-19(18(25)14-29-23)17(13-28-20)21(35)24(36)33-10-8-32(9-11-33)22-16-5-3-2-4-15(16)12-30-31-22/h2-7,12-14,28H,1,8-11,26H2/b7-6-. The average molecular weight is 487 g/mol. The van der Waals surface area contributed by atoms with Crippen LogP contribution in [0.2, 0.25) is 0 Å². The first-order chi connectivity index (χ1) is 17.5. The summed E-state index contributed by atoms with van der Waals surface area (Å²) >= 11 is 0. The number of pyridine rings is 1. The van der Waals surface area contributed by atoms with Crippen LogP contribution in [0, 0.1) is 5.82 Å². The summed E-state index contributed by atoms with van der Waals surface area (Å²) in [6.07, 6.45) is 6.66. The van der Waals surface area contributed by atoms with Crippen LogP contribution in [0.3, 0.4) is 0 Å². The Kier molecular flexibility index (Phi) is 6.09. The van der Waals surface area contributed by atoms with Gasteiger partial charge in [0.25, 0.3) is 11.7 Å². The van der Waals surface area contributed by atoms with Crippen molar-refractivity contribution in [1.82, 2.24) is 25.1 Å². The summed E-state index contributed by atoms with van der Waals surface area (Å²) < 4.78 is 14.7. The number of Topliss-reactive ketones (excluding diaryl/α,β-unsaturated/α-hetero) is 1. The van der Waals surface area contributed by atoms with Crippen molar-refractivity contribution in [3.8, 4) is 0 Å². The van der Waals surface area contributed by atoms with Gasteiger partial charge in [-0.1, -0.05) is 24.3 Å². The Morgan fingerprint density at radius 3 is 2.75 bits per heavy atom. The zero-order valence-corrected chi connectivity index (χ0v) is 19.1. The number of piperazine rings is 1. The monoisotopic (exact) mass is 487 g/mol. The van der Waals surface area contributed by atoms with Gasteiger partial charge in [-0.15, -0.1) is 5.10 Å². The molecule has 0 aliphatic carbocycles. The summed E-state index contributed by atoms with van der Waals surface area (Å²) in [5.74, 6) is 4.55. The van der Waals surface area contributed by atoms with Gasteiger partial charge >= 0.3 is 0 Å². The lowest BCUT2D eigenvalue weighted by Crippen LogP contribution is -2.51. The third-order valence-corrected chi connectivity index (χ3v) is 6.08. The van der Waals surface area contributed by atoms with Crippen molar-refractivity contribution in [2.75, 3.05) is 36.1 Å². The van der Waals surface area contributed by atoms with Gasteiger partial charge in [-0.05, 0) is 6.72 Å². The van der Waals surface area contributed by atoms with E-state index in [1.807, 2.05) is 29.2 Å². The van der Waals surface area contributed by atoms with Gasteiger partial charge in [-0.3, -0.25) is 19.6 Å². The fraction of sp³-hybridized carbons (Fsp3) is 0.167. The number of halogens is 1. The number of nitrogens with zero attached hydrogens (tertiary/aromatic N) is 7. The molecule has 4 aromatic rings. The summed E-state index contributed by atoms with van der Waals surface area (Å²) in [4.78, 5) is 40.1. The van der Waals surface area contributed by atoms with Crippen LogP contribution in [0.1, 0.15) is 10.4 Å². The molecule has 5 rings (SSSR count). The molecule has 36 heavy (non-hydrogen) atoms. The van der Waals surface area contributed by atoms with Crippen LogP contribution in [-0.4, -0.2) is 69.7 Å².